The molecule has 0 aromatic heterocycles. The molecule has 1 saturated heterocycles. The van der Waals surface area contributed by atoms with Crippen molar-refractivity contribution in [2.45, 2.75) is 6.10 Å². The fraction of sp³-hybridized carbons (Fsp3) is 0.500. The van der Waals surface area contributed by atoms with Crippen molar-refractivity contribution in [1.29, 1.82) is 0 Å². The third-order valence-electron chi connectivity index (χ3n) is 3.21. The lowest BCUT2D eigenvalue weighted by atomic mass is 10.1. The molecular weight excluding hydrogens is 260 g/mol. The molecule has 1 heterocycles. The number of methoxy groups -OCH3 is 1. The van der Waals surface area contributed by atoms with Gasteiger partial charge < -0.3 is 24.8 Å². The first-order valence-electron chi connectivity index (χ1n) is 6.51. The van der Waals surface area contributed by atoms with Crippen LogP contribution >= 0.6 is 0 Å². The number of carbonyl (C=O) groups is 1. The van der Waals surface area contributed by atoms with E-state index in [4.69, 9.17) is 19.9 Å². The van der Waals surface area contributed by atoms with Gasteiger partial charge in [-0.15, -0.1) is 0 Å². The lowest BCUT2D eigenvalue weighted by Gasteiger charge is -2.30. The zero-order valence-corrected chi connectivity index (χ0v) is 11.8. The number of hydrogen-bond acceptors (Lipinski definition) is 6. The maximum Gasteiger partial charge on any atom is 0.343 e. The summed E-state index contributed by atoms with van der Waals surface area (Å²) in [4.78, 5) is 13.9. The Kier molecular flexibility index (Phi) is 4.81. The first kappa shape index (κ1) is 14.6. The van der Waals surface area contributed by atoms with Gasteiger partial charge in [0.2, 0.25) is 0 Å². The van der Waals surface area contributed by atoms with Crippen molar-refractivity contribution in [1.82, 2.24) is 4.90 Å². The number of nitrogen functional groups attached to an aromatic ring is 1. The van der Waals surface area contributed by atoms with Gasteiger partial charge in [-0.05, 0) is 19.2 Å². The molecule has 2 N–H and O–H groups in total. The van der Waals surface area contributed by atoms with Crippen molar-refractivity contribution in [2.24, 2.45) is 0 Å². The predicted octanol–water partition coefficient (Wildman–Crippen LogP) is 0.765. The Morgan fingerprint density at radius 3 is 3.05 bits per heavy atom. The third-order valence-corrected chi connectivity index (χ3v) is 3.21. The number of anilines is 1. The summed E-state index contributed by atoms with van der Waals surface area (Å²) in [7, 11) is 3.35. The second-order valence-corrected chi connectivity index (χ2v) is 4.78. The Balaban J connectivity index is 2.05. The molecule has 0 aliphatic carbocycles. The van der Waals surface area contributed by atoms with Crippen molar-refractivity contribution in [3.05, 3.63) is 23.8 Å². The minimum Gasteiger partial charge on any atom is -0.490 e. The zero-order valence-electron chi connectivity index (χ0n) is 11.8. The normalized spacial score (nSPS) is 19.6. The summed E-state index contributed by atoms with van der Waals surface area (Å²) in [6, 6.07) is 5.09. The summed E-state index contributed by atoms with van der Waals surface area (Å²) in [6.07, 6.45) is -0.0133. The van der Waals surface area contributed by atoms with Gasteiger partial charge in [0.25, 0.3) is 0 Å². The lowest BCUT2D eigenvalue weighted by Crippen LogP contribution is -2.42. The quantitative estimate of drug-likeness (QED) is 0.648. The smallest absolute Gasteiger partial charge is 0.343 e. The van der Waals surface area contributed by atoms with Crippen molar-refractivity contribution < 1.29 is 19.0 Å². The van der Waals surface area contributed by atoms with E-state index in [-0.39, 0.29) is 11.7 Å². The van der Waals surface area contributed by atoms with Crippen LogP contribution in [0.3, 0.4) is 0 Å². The van der Waals surface area contributed by atoms with Crippen LogP contribution in [-0.2, 0) is 9.47 Å². The molecule has 1 aliphatic rings. The molecule has 0 spiro atoms. The number of morpholine rings is 1. The number of esters is 1. The van der Waals surface area contributed by atoms with Gasteiger partial charge in [0.1, 0.15) is 24.0 Å². The highest BCUT2D eigenvalue weighted by Crippen LogP contribution is 2.25. The van der Waals surface area contributed by atoms with E-state index in [1.165, 1.54) is 7.11 Å². The van der Waals surface area contributed by atoms with Gasteiger partial charge in [-0.2, -0.15) is 0 Å². The van der Waals surface area contributed by atoms with Crippen LogP contribution in [0.4, 0.5) is 5.69 Å². The van der Waals surface area contributed by atoms with Gasteiger partial charge >= 0.3 is 5.97 Å². The minimum atomic E-state index is -0.500. The first-order chi connectivity index (χ1) is 9.61. The van der Waals surface area contributed by atoms with Gasteiger partial charge in [-0.1, -0.05) is 6.07 Å². The number of nitrogens with zero attached hydrogens (tertiary/aromatic N) is 1. The van der Waals surface area contributed by atoms with Gasteiger partial charge in [-0.3, -0.25) is 0 Å². The molecule has 1 fully saturated rings. The molecule has 6 nitrogen and oxygen atoms in total. The number of benzene rings is 1. The third kappa shape index (κ3) is 3.40. The highest BCUT2D eigenvalue weighted by molar-refractivity contribution is 5.98. The van der Waals surface area contributed by atoms with Gasteiger partial charge in [0.05, 0.1) is 13.7 Å². The predicted molar refractivity (Wildman–Crippen MR) is 74.9 cm³/mol. The molecule has 6 heteroatoms. The van der Waals surface area contributed by atoms with Crippen molar-refractivity contribution in [2.75, 3.05) is 46.2 Å². The number of likely N-dealkylation sites (N-methyl/N-ethyl adjacent to an activating group) is 1. The molecule has 2 rings (SSSR count). The van der Waals surface area contributed by atoms with E-state index in [0.29, 0.717) is 24.7 Å². The van der Waals surface area contributed by atoms with Crippen LogP contribution in [0.1, 0.15) is 10.4 Å². The molecule has 0 amide bonds. The summed E-state index contributed by atoms with van der Waals surface area (Å²) in [6.45, 7) is 2.78. The van der Waals surface area contributed by atoms with Crippen LogP contribution in [0, 0.1) is 0 Å². The average molecular weight is 280 g/mol. The fourth-order valence-electron chi connectivity index (χ4n) is 2.14. The minimum absolute atomic E-state index is 0.0133. The monoisotopic (exact) mass is 280 g/mol. The van der Waals surface area contributed by atoms with Gasteiger partial charge in [-0.25, -0.2) is 4.79 Å². The van der Waals surface area contributed by atoms with E-state index < -0.39 is 5.97 Å². The Labute approximate surface area is 118 Å². The summed E-state index contributed by atoms with van der Waals surface area (Å²) in [5, 5.41) is 0. The highest BCUT2D eigenvalue weighted by Gasteiger charge is 2.21. The number of nitrogens with two attached hydrogens (primary N) is 1. The molecule has 0 saturated carbocycles. The zero-order chi connectivity index (χ0) is 14.5. The molecule has 1 aromatic carbocycles. The molecule has 110 valence electrons. The second kappa shape index (κ2) is 6.58. The molecule has 20 heavy (non-hydrogen) atoms. The van der Waals surface area contributed by atoms with Crippen molar-refractivity contribution >= 4 is 11.7 Å². The number of ether oxygens (including phenoxy) is 3. The topological polar surface area (TPSA) is 74.0 Å². The highest BCUT2D eigenvalue weighted by atomic mass is 16.5. The van der Waals surface area contributed by atoms with Crippen molar-refractivity contribution in [3.8, 4) is 5.75 Å². The molecule has 1 aliphatic heterocycles. The number of hydrogen-bond donors (Lipinski definition) is 1. The maximum atomic E-state index is 11.7. The van der Waals surface area contributed by atoms with E-state index in [0.717, 1.165) is 13.1 Å². The van der Waals surface area contributed by atoms with E-state index in [1.807, 2.05) is 7.05 Å². The second-order valence-electron chi connectivity index (χ2n) is 4.78. The number of carbonyl (C=O) groups excluding carboxylic acids is 1. The lowest BCUT2D eigenvalue weighted by molar-refractivity contribution is -0.0405. The molecular formula is C14H20N2O4. The molecule has 1 atom stereocenters. The summed E-state index contributed by atoms with van der Waals surface area (Å²) in [5.41, 5.74) is 6.41. The Morgan fingerprint density at radius 2 is 2.35 bits per heavy atom. The Hall–Kier alpha value is -1.79. The summed E-state index contributed by atoms with van der Waals surface area (Å²) < 4.78 is 16.0. The molecule has 1 aromatic rings. The van der Waals surface area contributed by atoms with Crippen LogP contribution in [0.5, 0.6) is 5.75 Å². The van der Waals surface area contributed by atoms with Crippen molar-refractivity contribution in [3.63, 3.8) is 0 Å². The molecule has 1 unspecified atom stereocenters. The molecule has 0 radical (unpaired) electrons. The van der Waals surface area contributed by atoms with E-state index >= 15 is 0 Å². The van der Waals surface area contributed by atoms with E-state index in [1.54, 1.807) is 18.2 Å². The van der Waals surface area contributed by atoms with E-state index in [2.05, 4.69) is 4.90 Å². The number of rotatable bonds is 4. The standard InChI is InChI=1S/C14H20N2O4/c1-16-6-7-19-10(8-16)9-20-12-5-3-4-11(15)13(12)14(17)18-2/h3-5,10H,6-9,15H2,1-2H3. The van der Waals surface area contributed by atoms with E-state index in [9.17, 15) is 4.79 Å². The van der Waals surface area contributed by atoms with Crippen LogP contribution in [0.15, 0.2) is 18.2 Å². The van der Waals surface area contributed by atoms with Gasteiger partial charge in [0.15, 0.2) is 0 Å². The Bertz CT molecular complexity index is 478. The van der Waals surface area contributed by atoms with Crippen LogP contribution in [0.25, 0.3) is 0 Å². The summed E-state index contributed by atoms with van der Waals surface area (Å²) >= 11 is 0. The fourth-order valence-corrected chi connectivity index (χ4v) is 2.14. The van der Waals surface area contributed by atoms with Gasteiger partial charge in [0, 0.05) is 18.8 Å². The largest absolute Gasteiger partial charge is 0.490 e. The summed E-state index contributed by atoms with van der Waals surface area (Å²) in [5.74, 6) is -0.0755. The maximum absolute atomic E-state index is 11.7. The van der Waals surface area contributed by atoms with Crippen LogP contribution < -0.4 is 10.5 Å². The van der Waals surface area contributed by atoms with Crippen LogP contribution in [-0.4, -0.2) is 57.4 Å². The SMILES string of the molecule is COC(=O)c1c(N)cccc1OCC1CN(C)CCO1. The molecule has 0 bridgehead atoms. The average Bonchev–Trinajstić information content (AvgIpc) is 2.44. The Morgan fingerprint density at radius 1 is 1.55 bits per heavy atom. The first-order valence-corrected chi connectivity index (χ1v) is 6.51. The van der Waals surface area contributed by atoms with Crippen LogP contribution in [0.2, 0.25) is 0 Å².